The number of aromatic nitrogens is 2. The molecule has 1 aliphatic heterocycles. The average Bonchev–Trinajstić information content (AvgIpc) is 2.99. The zero-order valence-corrected chi connectivity index (χ0v) is 12.5. The van der Waals surface area contributed by atoms with E-state index in [-0.39, 0.29) is 0 Å². The van der Waals surface area contributed by atoms with Crippen LogP contribution in [0.5, 0.6) is 0 Å². The number of nitrogens with zero attached hydrogens (tertiary/aromatic N) is 2. The van der Waals surface area contributed by atoms with Crippen molar-refractivity contribution < 1.29 is 4.74 Å². The number of halogens is 1. The Morgan fingerprint density at radius 2 is 2.39 bits per heavy atom. The molecule has 100 valence electrons. The summed E-state index contributed by atoms with van der Waals surface area (Å²) >= 11 is 3.75. The van der Waals surface area contributed by atoms with Gasteiger partial charge in [-0.1, -0.05) is 15.9 Å². The minimum absolute atomic E-state index is 0.358. The zero-order valence-electron chi connectivity index (χ0n) is 10.9. The molecule has 1 saturated carbocycles. The third-order valence-electron chi connectivity index (χ3n) is 4.49. The van der Waals surface area contributed by atoms with Crippen LogP contribution in [0.2, 0.25) is 0 Å². The summed E-state index contributed by atoms with van der Waals surface area (Å²) in [4.78, 5) is 0. The predicted octanol–water partition coefficient (Wildman–Crippen LogP) is 2.93. The molecule has 0 N–H and O–H groups in total. The summed E-state index contributed by atoms with van der Waals surface area (Å²) in [6.45, 7) is 0.944. The molecule has 0 spiro atoms. The van der Waals surface area contributed by atoms with Crippen molar-refractivity contribution in [2.24, 2.45) is 18.4 Å². The zero-order chi connectivity index (χ0) is 12.6. The maximum Gasteiger partial charge on any atom is 0.0668 e. The van der Waals surface area contributed by atoms with Gasteiger partial charge in [0, 0.05) is 30.6 Å². The monoisotopic (exact) mass is 312 g/mol. The van der Waals surface area contributed by atoms with Gasteiger partial charge in [-0.2, -0.15) is 5.10 Å². The largest absolute Gasteiger partial charge is 0.377 e. The van der Waals surface area contributed by atoms with E-state index in [0.717, 1.165) is 24.3 Å². The smallest absolute Gasteiger partial charge is 0.0668 e. The Labute approximate surface area is 117 Å². The first-order valence-electron chi connectivity index (χ1n) is 6.89. The number of hydrogen-bond acceptors (Lipinski definition) is 2. The Kier molecular flexibility index (Phi) is 3.50. The van der Waals surface area contributed by atoms with Crippen LogP contribution in [0, 0.1) is 11.3 Å². The van der Waals surface area contributed by atoms with Crippen molar-refractivity contribution in [3.63, 3.8) is 0 Å². The average molecular weight is 313 g/mol. The van der Waals surface area contributed by atoms with E-state index in [2.05, 4.69) is 27.2 Å². The van der Waals surface area contributed by atoms with Crippen LogP contribution in [0.25, 0.3) is 0 Å². The highest BCUT2D eigenvalue weighted by Gasteiger charge is 2.49. The molecule has 2 fully saturated rings. The molecular weight excluding hydrogens is 292 g/mol. The van der Waals surface area contributed by atoms with E-state index in [1.165, 1.54) is 31.2 Å². The second-order valence-corrected chi connectivity index (χ2v) is 6.46. The fourth-order valence-electron chi connectivity index (χ4n) is 3.21. The van der Waals surface area contributed by atoms with Gasteiger partial charge in [-0.25, -0.2) is 0 Å². The van der Waals surface area contributed by atoms with E-state index < -0.39 is 0 Å². The third-order valence-corrected chi connectivity index (χ3v) is 5.60. The first-order chi connectivity index (χ1) is 8.73. The molecule has 0 bridgehead atoms. The Hall–Kier alpha value is -0.350. The quantitative estimate of drug-likeness (QED) is 0.782. The van der Waals surface area contributed by atoms with Crippen molar-refractivity contribution in [3.8, 4) is 0 Å². The Bertz CT molecular complexity index is 416. The number of alkyl halides is 1. The van der Waals surface area contributed by atoms with Crippen LogP contribution < -0.4 is 0 Å². The first-order valence-corrected chi connectivity index (χ1v) is 8.01. The maximum atomic E-state index is 6.03. The molecule has 1 aliphatic carbocycles. The van der Waals surface area contributed by atoms with Gasteiger partial charge >= 0.3 is 0 Å². The van der Waals surface area contributed by atoms with E-state index in [1.54, 1.807) is 0 Å². The van der Waals surface area contributed by atoms with Crippen LogP contribution in [0.1, 0.15) is 31.2 Å². The highest BCUT2D eigenvalue weighted by molar-refractivity contribution is 9.09. The van der Waals surface area contributed by atoms with Crippen LogP contribution in [0.4, 0.5) is 0 Å². The van der Waals surface area contributed by atoms with E-state index in [1.807, 2.05) is 17.9 Å². The van der Waals surface area contributed by atoms with Crippen LogP contribution in [-0.4, -0.2) is 27.8 Å². The Morgan fingerprint density at radius 3 is 3.00 bits per heavy atom. The van der Waals surface area contributed by atoms with Crippen LogP contribution in [0.15, 0.2) is 12.4 Å². The van der Waals surface area contributed by atoms with Crippen LogP contribution in [-0.2, 0) is 18.2 Å². The van der Waals surface area contributed by atoms with Gasteiger partial charge in [-0.15, -0.1) is 0 Å². The SMILES string of the molecule is Cn1cc(CCC2(CBr)CCOC2C2CC2)cn1. The fourth-order valence-corrected chi connectivity index (χ4v) is 4.09. The van der Waals surface area contributed by atoms with Crippen molar-refractivity contribution in [2.75, 3.05) is 11.9 Å². The molecule has 2 atom stereocenters. The molecule has 0 radical (unpaired) electrons. The molecule has 1 aromatic rings. The van der Waals surface area contributed by atoms with Gasteiger partial charge in [-0.05, 0) is 43.6 Å². The molecule has 18 heavy (non-hydrogen) atoms. The maximum absolute atomic E-state index is 6.03. The lowest BCUT2D eigenvalue weighted by Crippen LogP contribution is -2.35. The standard InChI is InChI=1S/C14H21BrN2O/c1-17-9-11(8-16-17)4-5-14(10-15)6-7-18-13(14)12-2-3-12/h8-9,12-13H,2-7,10H2,1H3. The molecule has 1 aromatic heterocycles. The predicted molar refractivity (Wildman–Crippen MR) is 74.8 cm³/mol. The van der Waals surface area contributed by atoms with E-state index in [0.29, 0.717) is 11.5 Å². The van der Waals surface area contributed by atoms with Gasteiger partial charge < -0.3 is 4.74 Å². The third kappa shape index (κ3) is 2.37. The number of aryl methyl sites for hydroxylation is 2. The van der Waals surface area contributed by atoms with Gasteiger partial charge in [0.2, 0.25) is 0 Å². The summed E-state index contributed by atoms with van der Waals surface area (Å²) in [7, 11) is 1.98. The van der Waals surface area contributed by atoms with Gasteiger partial charge in [0.15, 0.2) is 0 Å². The van der Waals surface area contributed by atoms with Gasteiger partial charge in [0.05, 0.1) is 12.3 Å². The summed E-state index contributed by atoms with van der Waals surface area (Å²) in [5, 5.41) is 5.32. The lowest BCUT2D eigenvalue weighted by molar-refractivity contribution is 0.0378. The summed E-state index contributed by atoms with van der Waals surface area (Å²) < 4.78 is 7.92. The number of ether oxygens (including phenoxy) is 1. The molecule has 2 heterocycles. The highest BCUT2D eigenvalue weighted by atomic mass is 79.9. The first kappa shape index (κ1) is 12.7. The van der Waals surface area contributed by atoms with Crippen molar-refractivity contribution in [2.45, 2.75) is 38.2 Å². The molecule has 0 amide bonds. The molecule has 4 heteroatoms. The van der Waals surface area contributed by atoms with E-state index in [9.17, 15) is 0 Å². The number of hydrogen-bond donors (Lipinski definition) is 0. The van der Waals surface area contributed by atoms with Crippen molar-refractivity contribution >= 4 is 15.9 Å². The van der Waals surface area contributed by atoms with Crippen molar-refractivity contribution in [1.82, 2.24) is 9.78 Å². The molecular formula is C14H21BrN2O. The molecule has 2 aliphatic rings. The topological polar surface area (TPSA) is 27.1 Å². The van der Waals surface area contributed by atoms with Gasteiger partial charge in [-0.3, -0.25) is 4.68 Å². The molecule has 3 rings (SSSR count). The van der Waals surface area contributed by atoms with E-state index >= 15 is 0 Å². The lowest BCUT2D eigenvalue weighted by atomic mass is 9.76. The molecule has 3 nitrogen and oxygen atoms in total. The normalized spacial score (nSPS) is 32.0. The summed E-state index contributed by atoms with van der Waals surface area (Å²) in [6, 6.07) is 0. The summed E-state index contributed by atoms with van der Waals surface area (Å²) in [5.41, 5.74) is 1.70. The van der Waals surface area contributed by atoms with Crippen molar-refractivity contribution in [3.05, 3.63) is 18.0 Å². The van der Waals surface area contributed by atoms with Gasteiger partial charge in [0.1, 0.15) is 0 Å². The van der Waals surface area contributed by atoms with Crippen LogP contribution >= 0.6 is 15.9 Å². The van der Waals surface area contributed by atoms with E-state index in [4.69, 9.17) is 4.74 Å². The summed E-state index contributed by atoms with van der Waals surface area (Å²) in [6.07, 6.45) is 10.9. The molecule has 2 unspecified atom stereocenters. The molecule has 0 aromatic carbocycles. The Balaban J connectivity index is 1.67. The van der Waals surface area contributed by atoms with Gasteiger partial charge in [0.25, 0.3) is 0 Å². The Morgan fingerprint density at radius 1 is 1.56 bits per heavy atom. The minimum Gasteiger partial charge on any atom is -0.377 e. The highest BCUT2D eigenvalue weighted by Crippen LogP contribution is 2.50. The van der Waals surface area contributed by atoms with Crippen LogP contribution in [0.3, 0.4) is 0 Å². The summed E-state index contributed by atoms with van der Waals surface area (Å²) in [5.74, 6) is 0.832. The minimum atomic E-state index is 0.358. The second-order valence-electron chi connectivity index (χ2n) is 5.90. The molecule has 1 saturated heterocycles. The second kappa shape index (κ2) is 4.97. The fraction of sp³-hybridized carbons (Fsp3) is 0.786. The number of rotatable bonds is 5. The van der Waals surface area contributed by atoms with Crippen molar-refractivity contribution in [1.29, 1.82) is 0 Å². The lowest BCUT2D eigenvalue weighted by Gasteiger charge is -2.32.